The molecule has 0 aliphatic heterocycles. The number of aromatic nitrogens is 6. The molecule has 140 valence electrons. The van der Waals surface area contributed by atoms with Gasteiger partial charge >= 0.3 is 0 Å². The molecule has 0 amide bonds. The van der Waals surface area contributed by atoms with E-state index in [0.29, 0.717) is 6.54 Å². The van der Waals surface area contributed by atoms with Gasteiger partial charge in [0.15, 0.2) is 0 Å². The van der Waals surface area contributed by atoms with Crippen LogP contribution >= 0.6 is 0 Å². The van der Waals surface area contributed by atoms with E-state index in [1.165, 1.54) is 6.33 Å². The van der Waals surface area contributed by atoms with E-state index in [4.69, 9.17) is 0 Å². The summed E-state index contributed by atoms with van der Waals surface area (Å²) in [5.41, 5.74) is 4.83. The molecule has 7 heteroatoms. The molecule has 0 aliphatic rings. The van der Waals surface area contributed by atoms with Crippen molar-refractivity contribution in [3.05, 3.63) is 97.7 Å². The van der Waals surface area contributed by atoms with Crippen LogP contribution in [0.15, 0.2) is 92.2 Å². The van der Waals surface area contributed by atoms with Gasteiger partial charge in [0.1, 0.15) is 18.5 Å². The van der Waals surface area contributed by atoms with Gasteiger partial charge in [-0.15, -0.1) is 0 Å². The second-order valence-corrected chi connectivity index (χ2v) is 6.48. The van der Waals surface area contributed by atoms with Gasteiger partial charge in [-0.3, -0.25) is 9.55 Å². The normalized spacial score (nSPS) is 10.9. The van der Waals surface area contributed by atoms with Crippen molar-refractivity contribution in [1.29, 1.82) is 0 Å². The lowest BCUT2D eigenvalue weighted by Gasteiger charge is -2.25. The Morgan fingerprint density at radius 1 is 0.759 bits per heavy atom. The summed E-state index contributed by atoms with van der Waals surface area (Å²) in [7, 11) is 0. The molecule has 0 bridgehead atoms. The fraction of sp³-hybridized carbons (Fsp3) is 0.0455. The number of benzene rings is 1. The first-order valence-electron chi connectivity index (χ1n) is 9.19. The van der Waals surface area contributed by atoms with Gasteiger partial charge in [-0.05, 0) is 30.3 Å². The van der Waals surface area contributed by atoms with Crippen molar-refractivity contribution < 1.29 is 0 Å². The zero-order valence-electron chi connectivity index (χ0n) is 15.5. The summed E-state index contributed by atoms with van der Waals surface area (Å²) >= 11 is 0. The van der Waals surface area contributed by atoms with Gasteiger partial charge in [-0.1, -0.05) is 18.2 Å². The van der Waals surface area contributed by atoms with Gasteiger partial charge in [-0.2, -0.15) is 0 Å². The number of anilines is 2. The molecule has 0 unspecified atom stereocenters. The van der Waals surface area contributed by atoms with Crippen molar-refractivity contribution >= 4 is 22.4 Å². The second-order valence-electron chi connectivity index (χ2n) is 6.48. The molecule has 29 heavy (non-hydrogen) atoms. The molecule has 5 rings (SSSR count). The summed E-state index contributed by atoms with van der Waals surface area (Å²) in [5.74, 6) is 0.840. The van der Waals surface area contributed by atoms with Gasteiger partial charge in [-0.25, -0.2) is 19.9 Å². The molecule has 4 aromatic heterocycles. The molecule has 0 spiro atoms. The second kappa shape index (κ2) is 7.47. The molecule has 0 radical (unpaired) electrons. The van der Waals surface area contributed by atoms with E-state index in [9.17, 15) is 0 Å². The Kier molecular flexibility index (Phi) is 4.38. The maximum atomic E-state index is 4.66. The number of rotatable bonds is 5. The SMILES string of the molecule is c1cncc(N(Cc2cccnc2-n2cnc3ccccc32)c2cncnc2)c1. The fourth-order valence-corrected chi connectivity index (χ4v) is 3.34. The van der Waals surface area contributed by atoms with Crippen LogP contribution in [0.25, 0.3) is 16.9 Å². The van der Waals surface area contributed by atoms with Crippen molar-refractivity contribution in [2.75, 3.05) is 4.90 Å². The topological polar surface area (TPSA) is 72.6 Å². The van der Waals surface area contributed by atoms with E-state index in [0.717, 1.165) is 33.8 Å². The molecule has 0 saturated carbocycles. The van der Waals surface area contributed by atoms with Crippen LogP contribution in [0.4, 0.5) is 11.4 Å². The van der Waals surface area contributed by atoms with Crippen molar-refractivity contribution in [1.82, 2.24) is 29.5 Å². The lowest BCUT2D eigenvalue weighted by Crippen LogP contribution is -2.18. The fourth-order valence-electron chi connectivity index (χ4n) is 3.34. The Bertz CT molecular complexity index is 1200. The quantitative estimate of drug-likeness (QED) is 0.460. The van der Waals surface area contributed by atoms with Crippen LogP contribution in [0.1, 0.15) is 5.56 Å². The zero-order chi connectivity index (χ0) is 19.5. The number of hydrogen-bond acceptors (Lipinski definition) is 6. The maximum absolute atomic E-state index is 4.66. The van der Waals surface area contributed by atoms with E-state index in [-0.39, 0.29) is 0 Å². The maximum Gasteiger partial charge on any atom is 0.143 e. The minimum absolute atomic E-state index is 0.578. The average molecular weight is 379 g/mol. The molecule has 0 atom stereocenters. The first-order valence-corrected chi connectivity index (χ1v) is 9.19. The standard InChI is InChI=1S/C22H17N7/c1-2-8-21-20(7-1)27-16-29(21)22-17(5-3-10-26-22)14-28(18-6-4-9-23-11-18)19-12-24-15-25-13-19/h1-13,15-16H,14H2. The van der Waals surface area contributed by atoms with Crippen molar-refractivity contribution in [3.63, 3.8) is 0 Å². The number of hydrogen-bond donors (Lipinski definition) is 0. The third kappa shape index (κ3) is 3.29. The van der Waals surface area contributed by atoms with Crippen LogP contribution < -0.4 is 4.90 Å². The van der Waals surface area contributed by atoms with Crippen molar-refractivity contribution in [3.8, 4) is 5.82 Å². The predicted molar refractivity (Wildman–Crippen MR) is 111 cm³/mol. The Morgan fingerprint density at radius 2 is 1.59 bits per heavy atom. The predicted octanol–water partition coefficient (Wildman–Crippen LogP) is 3.94. The van der Waals surface area contributed by atoms with Gasteiger partial charge in [0, 0.05) is 18.0 Å². The summed E-state index contributed by atoms with van der Waals surface area (Å²) in [4.78, 5) is 23.9. The minimum atomic E-state index is 0.578. The summed E-state index contributed by atoms with van der Waals surface area (Å²) in [6.45, 7) is 0.578. The molecule has 0 aliphatic carbocycles. The molecule has 4 heterocycles. The zero-order valence-corrected chi connectivity index (χ0v) is 15.5. The Labute approximate surface area is 167 Å². The molecule has 0 fully saturated rings. The van der Waals surface area contributed by atoms with Crippen molar-refractivity contribution in [2.45, 2.75) is 6.54 Å². The van der Waals surface area contributed by atoms with Gasteiger partial charge in [0.2, 0.25) is 0 Å². The highest BCUT2D eigenvalue weighted by Gasteiger charge is 2.16. The molecule has 5 aromatic rings. The van der Waals surface area contributed by atoms with Crippen LogP contribution in [-0.4, -0.2) is 29.5 Å². The molecular formula is C22H17N7. The van der Waals surface area contributed by atoms with E-state index in [2.05, 4.69) is 35.9 Å². The summed E-state index contributed by atoms with van der Waals surface area (Å²) in [6, 6.07) is 16.0. The van der Waals surface area contributed by atoms with Crippen LogP contribution in [-0.2, 0) is 6.54 Å². The Balaban J connectivity index is 1.61. The highest BCUT2D eigenvalue weighted by atomic mass is 15.2. The Hall–Kier alpha value is -4.13. The van der Waals surface area contributed by atoms with E-state index >= 15 is 0 Å². The highest BCUT2D eigenvalue weighted by Crippen LogP contribution is 2.28. The first kappa shape index (κ1) is 17.0. The number of para-hydroxylation sites is 2. The van der Waals surface area contributed by atoms with Crippen LogP contribution in [0, 0.1) is 0 Å². The highest BCUT2D eigenvalue weighted by molar-refractivity contribution is 5.77. The first-order chi connectivity index (χ1) is 14.4. The number of pyridine rings is 2. The third-order valence-corrected chi connectivity index (χ3v) is 4.69. The summed E-state index contributed by atoms with van der Waals surface area (Å²) in [6.07, 6.45) is 12.3. The molecule has 0 saturated heterocycles. The molecule has 0 N–H and O–H groups in total. The summed E-state index contributed by atoms with van der Waals surface area (Å²) in [5, 5.41) is 0. The lowest BCUT2D eigenvalue weighted by atomic mass is 10.2. The van der Waals surface area contributed by atoms with E-state index < -0.39 is 0 Å². The number of imidazole rings is 1. The number of fused-ring (bicyclic) bond motifs is 1. The number of nitrogens with zero attached hydrogens (tertiary/aromatic N) is 7. The monoisotopic (exact) mass is 379 g/mol. The third-order valence-electron chi connectivity index (χ3n) is 4.69. The van der Waals surface area contributed by atoms with Gasteiger partial charge < -0.3 is 4.90 Å². The average Bonchev–Trinajstić information content (AvgIpc) is 3.23. The van der Waals surface area contributed by atoms with Crippen molar-refractivity contribution in [2.24, 2.45) is 0 Å². The molecule has 7 nitrogen and oxygen atoms in total. The molecule has 1 aromatic carbocycles. The lowest BCUT2D eigenvalue weighted by molar-refractivity contribution is 0.907. The van der Waals surface area contributed by atoms with Crippen LogP contribution in [0.2, 0.25) is 0 Å². The van der Waals surface area contributed by atoms with E-state index in [1.54, 1.807) is 24.8 Å². The molecular weight excluding hydrogens is 362 g/mol. The van der Waals surface area contributed by atoms with E-state index in [1.807, 2.05) is 59.6 Å². The Morgan fingerprint density at radius 3 is 2.45 bits per heavy atom. The van der Waals surface area contributed by atoms with Gasteiger partial charge in [0.25, 0.3) is 0 Å². The van der Waals surface area contributed by atoms with Crippen LogP contribution in [0.3, 0.4) is 0 Å². The minimum Gasteiger partial charge on any atom is -0.333 e. The largest absolute Gasteiger partial charge is 0.333 e. The van der Waals surface area contributed by atoms with Gasteiger partial charge in [0.05, 0.1) is 47.5 Å². The smallest absolute Gasteiger partial charge is 0.143 e. The summed E-state index contributed by atoms with van der Waals surface area (Å²) < 4.78 is 2.02. The van der Waals surface area contributed by atoms with Crippen LogP contribution in [0.5, 0.6) is 0 Å².